The third-order valence-corrected chi connectivity index (χ3v) is 2.53. The Morgan fingerprint density at radius 3 is 2.81 bits per heavy atom. The Morgan fingerprint density at radius 1 is 1.38 bits per heavy atom. The van der Waals surface area contributed by atoms with Crippen LogP contribution in [0.15, 0.2) is 12.1 Å². The van der Waals surface area contributed by atoms with Gasteiger partial charge in [0.2, 0.25) is 5.82 Å². The quantitative estimate of drug-likeness (QED) is 0.856. The highest BCUT2D eigenvalue weighted by molar-refractivity contribution is 5.41. The molecule has 1 aliphatic rings. The number of hydrogen-bond acceptors (Lipinski definition) is 3. The van der Waals surface area contributed by atoms with E-state index in [4.69, 9.17) is 9.47 Å². The first-order chi connectivity index (χ1) is 7.72. The molecule has 1 atom stereocenters. The zero-order chi connectivity index (χ0) is 11.5. The lowest BCUT2D eigenvalue weighted by atomic mass is 10.2. The van der Waals surface area contributed by atoms with Gasteiger partial charge in [-0.15, -0.1) is 0 Å². The molecule has 1 N–H and O–H groups in total. The van der Waals surface area contributed by atoms with Crippen LogP contribution in [0.2, 0.25) is 0 Å². The Hall–Kier alpha value is -1.36. The Kier molecular flexibility index (Phi) is 3.24. The van der Waals surface area contributed by atoms with Gasteiger partial charge in [0.1, 0.15) is 6.10 Å². The van der Waals surface area contributed by atoms with Crippen molar-refractivity contribution in [2.75, 3.05) is 20.2 Å². The summed E-state index contributed by atoms with van der Waals surface area (Å²) in [5.74, 6) is -1.87. The van der Waals surface area contributed by atoms with E-state index in [0.717, 1.165) is 19.0 Å². The van der Waals surface area contributed by atoms with Crippen molar-refractivity contribution in [3.63, 3.8) is 0 Å². The fraction of sp³-hybridized carbons (Fsp3) is 0.455. The first-order valence-corrected chi connectivity index (χ1v) is 5.11. The summed E-state index contributed by atoms with van der Waals surface area (Å²) in [7, 11) is 1.29. The van der Waals surface area contributed by atoms with E-state index in [0.29, 0.717) is 6.54 Å². The summed E-state index contributed by atoms with van der Waals surface area (Å²) in [5, 5.41) is 3.12. The molecule has 1 heterocycles. The van der Waals surface area contributed by atoms with Crippen LogP contribution in [-0.2, 0) is 0 Å². The van der Waals surface area contributed by atoms with Crippen molar-refractivity contribution in [2.45, 2.75) is 12.5 Å². The molecule has 5 heteroatoms. The summed E-state index contributed by atoms with van der Waals surface area (Å²) in [6.07, 6.45) is 0.834. The zero-order valence-corrected chi connectivity index (χ0v) is 8.93. The molecule has 2 rings (SSSR count). The van der Waals surface area contributed by atoms with Crippen molar-refractivity contribution in [3.8, 4) is 11.5 Å². The molecule has 1 aromatic rings. The first-order valence-electron chi connectivity index (χ1n) is 5.11. The minimum Gasteiger partial charge on any atom is -0.490 e. The Bertz CT molecular complexity index is 378. The Labute approximate surface area is 92.4 Å². The third kappa shape index (κ3) is 2.09. The van der Waals surface area contributed by atoms with E-state index >= 15 is 0 Å². The molecule has 3 nitrogen and oxygen atoms in total. The summed E-state index contributed by atoms with van der Waals surface area (Å²) in [6.45, 7) is 1.58. The molecule has 1 saturated heterocycles. The lowest BCUT2D eigenvalue weighted by molar-refractivity contribution is 0.209. The largest absolute Gasteiger partial charge is 0.490 e. The average molecular weight is 229 g/mol. The van der Waals surface area contributed by atoms with Crippen LogP contribution in [0.25, 0.3) is 0 Å². The second-order valence-corrected chi connectivity index (χ2v) is 3.63. The van der Waals surface area contributed by atoms with Gasteiger partial charge in [-0.2, -0.15) is 4.39 Å². The molecule has 1 aliphatic heterocycles. The van der Waals surface area contributed by atoms with Gasteiger partial charge in [0, 0.05) is 6.54 Å². The van der Waals surface area contributed by atoms with Crippen molar-refractivity contribution < 1.29 is 18.3 Å². The molecule has 16 heavy (non-hydrogen) atoms. The number of rotatable bonds is 3. The maximum Gasteiger partial charge on any atom is 0.204 e. The Morgan fingerprint density at radius 2 is 2.19 bits per heavy atom. The van der Waals surface area contributed by atoms with Crippen molar-refractivity contribution >= 4 is 0 Å². The van der Waals surface area contributed by atoms with Crippen LogP contribution in [0.3, 0.4) is 0 Å². The molecule has 1 unspecified atom stereocenters. The van der Waals surface area contributed by atoms with Gasteiger partial charge in [-0.3, -0.25) is 0 Å². The van der Waals surface area contributed by atoms with E-state index < -0.39 is 11.6 Å². The standard InChI is InChI=1S/C11H13F2NO2/c1-15-11-9(3-2-8(12)10(11)13)16-7-4-5-14-6-7/h2-3,7,14H,4-6H2,1H3. The second-order valence-electron chi connectivity index (χ2n) is 3.63. The highest BCUT2D eigenvalue weighted by atomic mass is 19.2. The van der Waals surface area contributed by atoms with Gasteiger partial charge in [-0.25, -0.2) is 4.39 Å². The fourth-order valence-corrected chi connectivity index (χ4v) is 1.71. The zero-order valence-electron chi connectivity index (χ0n) is 8.93. The van der Waals surface area contributed by atoms with E-state index in [1.807, 2.05) is 0 Å². The number of hydrogen-bond donors (Lipinski definition) is 1. The molecule has 88 valence electrons. The van der Waals surface area contributed by atoms with Crippen molar-refractivity contribution in [1.82, 2.24) is 5.32 Å². The summed E-state index contributed by atoms with van der Waals surface area (Å²) in [6, 6.07) is 2.42. The monoisotopic (exact) mass is 229 g/mol. The number of nitrogens with one attached hydrogen (secondary N) is 1. The number of methoxy groups -OCH3 is 1. The van der Waals surface area contributed by atoms with Crippen molar-refractivity contribution in [3.05, 3.63) is 23.8 Å². The van der Waals surface area contributed by atoms with Crippen LogP contribution in [0.5, 0.6) is 11.5 Å². The highest BCUT2D eigenvalue weighted by Crippen LogP contribution is 2.32. The van der Waals surface area contributed by atoms with E-state index in [9.17, 15) is 8.78 Å². The minimum atomic E-state index is -1.01. The smallest absolute Gasteiger partial charge is 0.204 e. The lowest BCUT2D eigenvalue weighted by Gasteiger charge is -2.15. The van der Waals surface area contributed by atoms with Crippen molar-refractivity contribution in [2.24, 2.45) is 0 Å². The topological polar surface area (TPSA) is 30.5 Å². The molecule has 1 aromatic carbocycles. The molecule has 0 radical (unpaired) electrons. The van der Waals surface area contributed by atoms with Gasteiger partial charge in [0.05, 0.1) is 7.11 Å². The van der Waals surface area contributed by atoms with Crippen LogP contribution in [0, 0.1) is 11.6 Å². The van der Waals surface area contributed by atoms with Crippen LogP contribution in [0.1, 0.15) is 6.42 Å². The normalized spacial score (nSPS) is 19.8. The molecule has 0 aliphatic carbocycles. The molecular formula is C11H13F2NO2. The van der Waals surface area contributed by atoms with E-state index in [1.54, 1.807) is 0 Å². The maximum atomic E-state index is 13.3. The lowest BCUT2D eigenvalue weighted by Crippen LogP contribution is -2.20. The molecule has 0 aromatic heterocycles. The fourth-order valence-electron chi connectivity index (χ4n) is 1.71. The summed E-state index contributed by atoms with van der Waals surface area (Å²) < 4.78 is 36.6. The van der Waals surface area contributed by atoms with Gasteiger partial charge >= 0.3 is 0 Å². The van der Waals surface area contributed by atoms with E-state index in [1.165, 1.54) is 13.2 Å². The van der Waals surface area contributed by atoms with Gasteiger partial charge in [0.15, 0.2) is 17.3 Å². The molecule has 0 amide bonds. The van der Waals surface area contributed by atoms with Gasteiger partial charge in [0.25, 0.3) is 0 Å². The third-order valence-electron chi connectivity index (χ3n) is 2.53. The summed E-state index contributed by atoms with van der Waals surface area (Å²) in [5.41, 5.74) is 0. The second kappa shape index (κ2) is 4.65. The maximum absolute atomic E-state index is 13.3. The molecule has 0 saturated carbocycles. The summed E-state index contributed by atoms with van der Waals surface area (Å²) >= 11 is 0. The predicted molar refractivity (Wildman–Crippen MR) is 54.8 cm³/mol. The number of halogens is 2. The average Bonchev–Trinajstić information content (AvgIpc) is 2.77. The van der Waals surface area contributed by atoms with Gasteiger partial charge < -0.3 is 14.8 Å². The number of ether oxygens (including phenoxy) is 2. The summed E-state index contributed by atoms with van der Waals surface area (Å²) in [4.78, 5) is 0. The van der Waals surface area contributed by atoms with Crippen LogP contribution in [0.4, 0.5) is 8.78 Å². The molecule has 0 spiro atoms. The van der Waals surface area contributed by atoms with E-state index in [2.05, 4.69) is 5.32 Å². The van der Waals surface area contributed by atoms with E-state index in [-0.39, 0.29) is 17.6 Å². The van der Waals surface area contributed by atoms with Gasteiger partial charge in [-0.1, -0.05) is 0 Å². The number of benzene rings is 1. The van der Waals surface area contributed by atoms with Crippen molar-refractivity contribution in [1.29, 1.82) is 0 Å². The molecule has 1 fully saturated rings. The minimum absolute atomic E-state index is 0.0150. The Balaban J connectivity index is 2.22. The predicted octanol–water partition coefficient (Wildman–Crippen LogP) is 1.71. The van der Waals surface area contributed by atoms with Crippen LogP contribution in [-0.4, -0.2) is 26.3 Å². The first kappa shape index (κ1) is 11.1. The van der Waals surface area contributed by atoms with Gasteiger partial charge in [-0.05, 0) is 25.1 Å². The van der Waals surface area contributed by atoms with Crippen LogP contribution >= 0.6 is 0 Å². The molecule has 0 bridgehead atoms. The highest BCUT2D eigenvalue weighted by Gasteiger charge is 2.21. The molecular weight excluding hydrogens is 216 g/mol. The van der Waals surface area contributed by atoms with Crippen LogP contribution < -0.4 is 14.8 Å². The SMILES string of the molecule is COc1c(OC2CCNC2)ccc(F)c1F.